The van der Waals surface area contributed by atoms with E-state index in [0.717, 1.165) is 40.0 Å². The molecule has 190 valence electrons. The summed E-state index contributed by atoms with van der Waals surface area (Å²) in [6.45, 7) is 6.97. The Balaban J connectivity index is 1.48. The minimum absolute atomic E-state index is 0.0737. The van der Waals surface area contributed by atoms with Crippen molar-refractivity contribution in [3.05, 3.63) is 53.1 Å². The number of carbonyl (C=O) groups excluding carboxylic acids is 1. The van der Waals surface area contributed by atoms with Crippen LogP contribution in [0.15, 0.2) is 36.4 Å². The van der Waals surface area contributed by atoms with E-state index in [1.165, 1.54) is 12.8 Å². The lowest BCUT2D eigenvalue weighted by atomic mass is 10.0. The fourth-order valence-corrected chi connectivity index (χ4v) is 6.21. The van der Waals surface area contributed by atoms with E-state index in [4.69, 9.17) is 14.2 Å². The number of benzene rings is 2. The van der Waals surface area contributed by atoms with E-state index in [9.17, 15) is 4.79 Å². The van der Waals surface area contributed by atoms with E-state index in [-0.39, 0.29) is 11.9 Å². The molecule has 4 rings (SSSR count). The lowest BCUT2D eigenvalue weighted by Crippen LogP contribution is -2.53. The zero-order chi connectivity index (χ0) is 24.9. The van der Waals surface area contributed by atoms with Gasteiger partial charge in [0.1, 0.15) is 18.1 Å². The van der Waals surface area contributed by atoms with Crippen molar-refractivity contribution in [3.8, 4) is 11.5 Å². The van der Waals surface area contributed by atoms with Gasteiger partial charge in [0.25, 0.3) is 5.91 Å². The quantitative estimate of drug-likeness (QED) is 0.189. The molecule has 2 aromatic rings. The molecule has 2 fully saturated rings. The van der Waals surface area contributed by atoms with Gasteiger partial charge in [-0.05, 0) is 62.1 Å². The van der Waals surface area contributed by atoms with Crippen molar-refractivity contribution >= 4 is 34.2 Å². The summed E-state index contributed by atoms with van der Waals surface area (Å²) in [4.78, 5) is 18.4. The van der Waals surface area contributed by atoms with E-state index < -0.39 is 0 Å². The van der Waals surface area contributed by atoms with Crippen molar-refractivity contribution in [3.63, 3.8) is 0 Å². The Hall–Kier alpha value is -2.04. The maximum atomic E-state index is 13.4. The molecule has 3 atom stereocenters. The number of aryl methyl sites for hydroxylation is 1. The van der Waals surface area contributed by atoms with Crippen LogP contribution in [0.25, 0.3) is 0 Å². The number of alkyl halides is 1. The number of ether oxygens (including phenoxy) is 3. The van der Waals surface area contributed by atoms with Crippen molar-refractivity contribution in [2.45, 2.75) is 44.8 Å². The molecule has 35 heavy (non-hydrogen) atoms. The van der Waals surface area contributed by atoms with Gasteiger partial charge in [0, 0.05) is 49.6 Å². The summed E-state index contributed by atoms with van der Waals surface area (Å²) in [5.74, 6) is 1.31. The van der Waals surface area contributed by atoms with Crippen LogP contribution >= 0.6 is 22.6 Å². The first-order chi connectivity index (χ1) is 16.9. The summed E-state index contributed by atoms with van der Waals surface area (Å²) in [7, 11) is 3.27. The second-order valence-corrected chi connectivity index (χ2v) is 10.1. The second-order valence-electron chi connectivity index (χ2n) is 9.40. The smallest absolute Gasteiger partial charge is 0.252 e. The normalized spacial score (nSPS) is 20.5. The molecule has 0 unspecified atom stereocenters. The van der Waals surface area contributed by atoms with E-state index in [1.807, 2.05) is 32.0 Å². The zero-order valence-electron chi connectivity index (χ0n) is 21.1. The van der Waals surface area contributed by atoms with Crippen LogP contribution in [0.3, 0.4) is 0 Å². The molecular formula is C27H36IN3O4. The molecule has 1 amide bonds. The van der Waals surface area contributed by atoms with Crippen LogP contribution in [0.4, 0.5) is 5.69 Å². The zero-order valence-corrected chi connectivity index (χ0v) is 23.2. The summed E-state index contributed by atoms with van der Waals surface area (Å²) in [6.07, 6.45) is 2.52. The van der Waals surface area contributed by atoms with Gasteiger partial charge in [-0.3, -0.25) is 9.69 Å². The minimum atomic E-state index is -0.214. The predicted molar refractivity (Wildman–Crippen MR) is 147 cm³/mol. The van der Waals surface area contributed by atoms with E-state index >= 15 is 0 Å². The first-order valence-electron chi connectivity index (χ1n) is 12.2. The molecule has 0 aliphatic carbocycles. The molecule has 2 aliphatic rings. The Morgan fingerprint density at radius 3 is 2.46 bits per heavy atom. The highest BCUT2D eigenvalue weighted by Crippen LogP contribution is 2.34. The number of methoxy groups -OCH3 is 2. The van der Waals surface area contributed by atoms with Crippen LogP contribution < -0.4 is 19.7 Å². The van der Waals surface area contributed by atoms with Crippen LogP contribution in [0.1, 0.15) is 47.3 Å². The van der Waals surface area contributed by atoms with Crippen molar-refractivity contribution in [2.24, 2.45) is 0 Å². The largest absolute Gasteiger partial charge is 0.497 e. The van der Waals surface area contributed by atoms with Crippen LogP contribution in [0, 0.1) is 6.92 Å². The lowest BCUT2D eigenvalue weighted by molar-refractivity contribution is 0.0939. The molecule has 2 aromatic carbocycles. The Morgan fingerprint density at radius 2 is 1.80 bits per heavy atom. The fourth-order valence-electron chi connectivity index (χ4n) is 5.09. The summed E-state index contributed by atoms with van der Waals surface area (Å²) < 4.78 is 17.4. The van der Waals surface area contributed by atoms with Crippen LogP contribution in [0.5, 0.6) is 11.5 Å². The number of carbonyl (C=O) groups is 1. The molecule has 0 spiro atoms. The van der Waals surface area contributed by atoms with Crippen molar-refractivity contribution in [2.75, 3.05) is 50.0 Å². The van der Waals surface area contributed by atoms with Gasteiger partial charge in [0.2, 0.25) is 0 Å². The number of hydrogen-bond donors (Lipinski definition) is 1. The highest BCUT2D eigenvalue weighted by Gasteiger charge is 2.39. The third kappa shape index (κ3) is 6.03. The second kappa shape index (κ2) is 11.8. The Kier molecular flexibility index (Phi) is 8.77. The van der Waals surface area contributed by atoms with Gasteiger partial charge in [-0.1, -0.05) is 28.7 Å². The maximum Gasteiger partial charge on any atom is 0.252 e. The standard InChI is InChI=1S/C27H36IN3O4/c1-18-5-6-21(30-15-22-7-8-23(16-30)31(22)17-28)13-26(18)27(32)29-19(2)20-11-24(34-4)14-25(12-20)35-10-9-33-3/h5-6,11-14,19,22-23H,7-10,15-17H2,1-4H3,(H,29,32)/t19-,22-,23+/m1/s1. The van der Waals surface area contributed by atoms with Crippen molar-refractivity contribution < 1.29 is 19.0 Å². The number of nitrogens with zero attached hydrogens (tertiary/aromatic N) is 2. The molecule has 2 aliphatic heterocycles. The summed E-state index contributed by atoms with van der Waals surface area (Å²) in [6, 6.07) is 13.0. The molecule has 0 aromatic heterocycles. The Labute approximate surface area is 222 Å². The summed E-state index contributed by atoms with van der Waals surface area (Å²) >= 11 is 2.48. The minimum Gasteiger partial charge on any atom is -0.497 e. The van der Waals surface area contributed by atoms with Crippen LogP contribution in [0.2, 0.25) is 0 Å². The van der Waals surface area contributed by atoms with Crippen molar-refractivity contribution in [1.29, 1.82) is 0 Å². The molecule has 2 heterocycles. The third-order valence-corrected chi connectivity index (χ3v) is 7.93. The average Bonchev–Trinajstić information content (AvgIpc) is 3.11. The van der Waals surface area contributed by atoms with Crippen LogP contribution in [-0.4, -0.2) is 68.0 Å². The maximum absolute atomic E-state index is 13.4. The monoisotopic (exact) mass is 593 g/mol. The highest BCUT2D eigenvalue weighted by atomic mass is 127. The fraction of sp³-hybridized carbons (Fsp3) is 0.519. The molecule has 7 nitrogen and oxygen atoms in total. The highest BCUT2D eigenvalue weighted by molar-refractivity contribution is 14.1. The SMILES string of the molecule is COCCOc1cc(OC)cc([C@@H](C)NC(=O)c2cc(N3C[C@H]4CC[C@@H](C3)N4CI)ccc2C)c1. The van der Waals surface area contributed by atoms with Gasteiger partial charge in [-0.2, -0.15) is 0 Å². The van der Waals surface area contributed by atoms with E-state index in [2.05, 4.69) is 55.9 Å². The molecule has 8 heteroatoms. The Bertz CT molecular complexity index is 1020. The third-order valence-electron chi connectivity index (χ3n) is 7.14. The van der Waals surface area contributed by atoms with Gasteiger partial charge in [-0.25, -0.2) is 0 Å². The van der Waals surface area contributed by atoms with Gasteiger partial charge >= 0.3 is 0 Å². The number of anilines is 1. The summed E-state index contributed by atoms with van der Waals surface area (Å²) in [5, 5.41) is 3.17. The molecule has 0 radical (unpaired) electrons. The molecule has 1 N–H and O–H groups in total. The van der Waals surface area contributed by atoms with Gasteiger partial charge in [0.05, 0.1) is 24.3 Å². The van der Waals surface area contributed by atoms with Gasteiger partial charge in [-0.15, -0.1) is 0 Å². The van der Waals surface area contributed by atoms with E-state index in [1.54, 1.807) is 14.2 Å². The topological polar surface area (TPSA) is 63.3 Å². The first-order valence-corrected chi connectivity index (χ1v) is 13.7. The predicted octanol–water partition coefficient (Wildman–Crippen LogP) is 4.57. The molecule has 2 bridgehead atoms. The number of amides is 1. The molecular weight excluding hydrogens is 557 g/mol. The number of nitrogens with one attached hydrogen (secondary N) is 1. The molecule has 2 saturated heterocycles. The number of hydrogen-bond acceptors (Lipinski definition) is 6. The van der Waals surface area contributed by atoms with E-state index in [0.29, 0.717) is 36.8 Å². The number of rotatable bonds is 10. The van der Waals surface area contributed by atoms with Gasteiger partial charge < -0.3 is 24.4 Å². The van der Waals surface area contributed by atoms with Gasteiger partial charge in [0.15, 0.2) is 0 Å². The Morgan fingerprint density at radius 1 is 1.09 bits per heavy atom. The first kappa shape index (κ1) is 26.0. The number of halogens is 1. The van der Waals surface area contributed by atoms with Crippen molar-refractivity contribution in [1.82, 2.24) is 10.2 Å². The average molecular weight is 594 g/mol. The number of fused-ring (bicyclic) bond motifs is 2. The molecule has 0 saturated carbocycles. The number of piperazine rings is 1. The van der Waals surface area contributed by atoms with Crippen LogP contribution in [-0.2, 0) is 4.74 Å². The lowest BCUT2D eigenvalue weighted by Gasteiger charge is -2.41. The summed E-state index contributed by atoms with van der Waals surface area (Å²) in [5.41, 5.74) is 3.75.